The minimum atomic E-state index is -1.83. The topological polar surface area (TPSA) is 164 Å². The minimum absolute atomic E-state index is 0.0427. The predicted octanol–water partition coefficient (Wildman–Crippen LogP) is 3.69. The highest BCUT2D eigenvalue weighted by Gasteiger charge is 2.40. The molecule has 3 aromatic carbocycles. The van der Waals surface area contributed by atoms with Crippen LogP contribution < -0.4 is 16.1 Å². The number of methoxy groups -OCH3 is 1. The van der Waals surface area contributed by atoms with E-state index in [4.69, 9.17) is 4.74 Å². The molecule has 0 radical (unpaired) electrons. The van der Waals surface area contributed by atoms with Crippen molar-refractivity contribution in [1.29, 1.82) is 5.26 Å². The Kier molecular flexibility index (Phi) is 11.9. The largest absolute Gasteiger partial charge is 0.453 e. The van der Waals surface area contributed by atoms with E-state index < -0.39 is 47.1 Å². The molecule has 0 fully saturated rings. The normalized spacial score (nSPS) is 17.4. The first-order chi connectivity index (χ1) is 22.8. The molecule has 0 unspecified atom stereocenters. The third kappa shape index (κ3) is 9.41. The van der Waals surface area contributed by atoms with E-state index in [-0.39, 0.29) is 25.9 Å². The molecule has 4 atom stereocenters. The molecule has 0 bridgehead atoms. The van der Waals surface area contributed by atoms with Gasteiger partial charge in [-0.2, -0.15) is 5.26 Å². The number of carbonyl (C=O) groups is 3. The summed E-state index contributed by atoms with van der Waals surface area (Å²) in [6.45, 7) is 5.95. The number of hydrogen-bond acceptors (Lipinski definition) is 8. The van der Waals surface area contributed by atoms with Crippen molar-refractivity contribution in [1.82, 2.24) is 21.1 Å². The summed E-state index contributed by atoms with van der Waals surface area (Å²) in [5.74, 6) is -1.06. The first-order valence-corrected chi connectivity index (χ1v) is 16.0. The highest BCUT2D eigenvalue weighted by molar-refractivity contribution is 5.86. The first kappa shape index (κ1) is 36.1. The number of rotatable bonds is 13. The van der Waals surface area contributed by atoms with Gasteiger partial charge in [-0.25, -0.2) is 9.80 Å². The number of alkyl carbamates (subject to hydrolysis) is 1. The Hall–Kier alpha value is -4.76. The molecule has 1 aliphatic rings. The highest BCUT2D eigenvalue weighted by atomic mass is 16.5. The maximum atomic E-state index is 13.9. The highest BCUT2D eigenvalue weighted by Crippen LogP contribution is 2.32. The number of nitriles is 1. The van der Waals surface area contributed by atoms with Crippen molar-refractivity contribution in [3.05, 3.63) is 107 Å². The standard InChI is InChI=1S/C37H45N5O6/c1-36(2,3)32(40-35(46)48-4)33(44)41-42(24-27-17-15-26(23-38)16-18-27)20-10-19-37(47,22-25-11-6-5-7-12-25)34(45)39-31-29-14-9-8-13-28(29)21-30(31)43/h5-9,11-18,30-32,43,47H,10,19-22,24H2,1-4H3,(H,39,45)(H,40,46)(H,41,44)/t30-,31+,32-,37-/m1/s1. The van der Waals surface area contributed by atoms with Gasteiger partial charge in [0.05, 0.1) is 30.9 Å². The number of fused-ring (bicyclic) bond motifs is 1. The molecule has 0 heterocycles. The van der Waals surface area contributed by atoms with Gasteiger partial charge in [-0.3, -0.25) is 15.0 Å². The number of amides is 3. The molecule has 0 saturated carbocycles. The fourth-order valence-corrected chi connectivity index (χ4v) is 5.95. The number of hydrazine groups is 1. The number of hydrogen-bond donors (Lipinski definition) is 5. The van der Waals surface area contributed by atoms with Crippen LogP contribution in [0.3, 0.4) is 0 Å². The van der Waals surface area contributed by atoms with Gasteiger partial charge in [-0.15, -0.1) is 0 Å². The molecule has 11 nitrogen and oxygen atoms in total. The predicted molar refractivity (Wildman–Crippen MR) is 180 cm³/mol. The van der Waals surface area contributed by atoms with Gasteiger partial charge in [-0.05, 0) is 52.6 Å². The molecule has 48 heavy (non-hydrogen) atoms. The smallest absolute Gasteiger partial charge is 0.407 e. The van der Waals surface area contributed by atoms with Gasteiger partial charge in [0.15, 0.2) is 0 Å². The quantitative estimate of drug-likeness (QED) is 0.174. The van der Waals surface area contributed by atoms with Crippen LogP contribution in [0.2, 0.25) is 0 Å². The monoisotopic (exact) mass is 655 g/mol. The summed E-state index contributed by atoms with van der Waals surface area (Å²) >= 11 is 0. The van der Waals surface area contributed by atoms with Crippen molar-refractivity contribution in [3.8, 4) is 6.07 Å². The van der Waals surface area contributed by atoms with Crippen LogP contribution in [0.15, 0.2) is 78.9 Å². The first-order valence-electron chi connectivity index (χ1n) is 16.0. The SMILES string of the molecule is COC(=O)N[C@H](C(=O)NN(CCC[C@@](O)(Cc1ccccc1)C(=O)N[C@H]1c2ccccc2C[C@H]1O)Cc1ccc(C#N)cc1)C(C)(C)C. The second-order valence-corrected chi connectivity index (χ2v) is 13.4. The third-order valence-corrected chi connectivity index (χ3v) is 8.57. The van der Waals surface area contributed by atoms with Crippen molar-refractivity contribution < 1.29 is 29.3 Å². The van der Waals surface area contributed by atoms with Crippen molar-refractivity contribution in [3.63, 3.8) is 0 Å². The van der Waals surface area contributed by atoms with Crippen LogP contribution in [-0.2, 0) is 33.7 Å². The van der Waals surface area contributed by atoms with Crippen LogP contribution in [0, 0.1) is 16.7 Å². The Labute approximate surface area is 281 Å². The molecule has 3 aromatic rings. The van der Waals surface area contributed by atoms with E-state index in [0.717, 1.165) is 22.3 Å². The average molecular weight is 656 g/mol. The van der Waals surface area contributed by atoms with Crippen LogP contribution in [0.25, 0.3) is 0 Å². The number of carbonyl (C=O) groups excluding carboxylic acids is 3. The summed E-state index contributed by atoms with van der Waals surface area (Å²) in [4.78, 5) is 39.5. The molecule has 0 saturated heterocycles. The van der Waals surface area contributed by atoms with Crippen LogP contribution in [0.4, 0.5) is 4.79 Å². The van der Waals surface area contributed by atoms with Gasteiger partial charge in [0.25, 0.3) is 11.8 Å². The summed E-state index contributed by atoms with van der Waals surface area (Å²) in [5, 5.41) is 39.2. The second kappa shape index (κ2) is 15.9. The van der Waals surface area contributed by atoms with E-state index in [1.54, 1.807) is 29.3 Å². The number of benzene rings is 3. The molecule has 0 spiro atoms. The van der Waals surface area contributed by atoms with Gasteiger partial charge in [0.2, 0.25) is 0 Å². The Morgan fingerprint density at radius 3 is 2.31 bits per heavy atom. The Morgan fingerprint density at radius 1 is 1.00 bits per heavy atom. The van der Waals surface area contributed by atoms with Crippen LogP contribution in [0.1, 0.15) is 67.5 Å². The van der Waals surface area contributed by atoms with Crippen molar-refractivity contribution in [2.75, 3.05) is 13.7 Å². The lowest BCUT2D eigenvalue weighted by atomic mass is 9.86. The van der Waals surface area contributed by atoms with Crippen molar-refractivity contribution in [2.24, 2.45) is 5.41 Å². The molecule has 5 N–H and O–H groups in total. The number of aliphatic hydroxyl groups is 2. The maximum Gasteiger partial charge on any atom is 0.407 e. The van der Waals surface area contributed by atoms with E-state index in [2.05, 4.69) is 22.1 Å². The summed E-state index contributed by atoms with van der Waals surface area (Å²) in [7, 11) is 1.23. The summed E-state index contributed by atoms with van der Waals surface area (Å²) in [5.41, 5.74) is 4.28. The number of nitrogens with one attached hydrogen (secondary N) is 3. The summed E-state index contributed by atoms with van der Waals surface area (Å²) in [6.07, 6.45) is -0.775. The molecular formula is C37H45N5O6. The molecule has 254 valence electrons. The van der Waals surface area contributed by atoms with Crippen molar-refractivity contribution in [2.45, 2.75) is 76.8 Å². The second-order valence-electron chi connectivity index (χ2n) is 13.4. The van der Waals surface area contributed by atoms with Crippen LogP contribution in [-0.4, -0.2) is 64.5 Å². The molecule has 0 aromatic heterocycles. The number of aliphatic hydroxyl groups excluding tert-OH is 1. The number of ether oxygens (including phenoxy) is 1. The number of nitrogens with zero attached hydrogens (tertiary/aromatic N) is 2. The zero-order chi connectivity index (χ0) is 34.9. The van der Waals surface area contributed by atoms with E-state index >= 15 is 0 Å². The van der Waals surface area contributed by atoms with Gasteiger partial charge in [-0.1, -0.05) is 87.5 Å². The zero-order valence-corrected chi connectivity index (χ0v) is 27.9. The zero-order valence-electron chi connectivity index (χ0n) is 27.9. The molecule has 1 aliphatic carbocycles. The molecule has 4 rings (SSSR count). The molecule has 11 heteroatoms. The van der Waals surface area contributed by atoms with Crippen molar-refractivity contribution >= 4 is 17.9 Å². The fraction of sp³-hybridized carbons (Fsp3) is 0.405. The Bertz CT molecular complexity index is 1600. The maximum absolute atomic E-state index is 13.9. The lowest BCUT2D eigenvalue weighted by Crippen LogP contribution is -2.57. The van der Waals surface area contributed by atoms with Gasteiger partial charge < -0.3 is 25.6 Å². The summed E-state index contributed by atoms with van der Waals surface area (Å²) in [6, 6.07) is 24.2. The Balaban J connectivity index is 1.54. The van der Waals surface area contributed by atoms with Crippen LogP contribution >= 0.6 is 0 Å². The van der Waals surface area contributed by atoms with Crippen LogP contribution in [0.5, 0.6) is 0 Å². The van der Waals surface area contributed by atoms with E-state index in [1.807, 2.05) is 75.4 Å². The Morgan fingerprint density at radius 2 is 1.67 bits per heavy atom. The van der Waals surface area contributed by atoms with Gasteiger partial charge >= 0.3 is 6.09 Å². The van der Waals surface area contributed by atoms with E-state index in [0.29, 0.717) is 18.4 Å². The molecular weight excluding hydrogens is 610 g/mol. The average Bonchev–Trinajstić information content (AvgIpc) is 3.37. The molecule has 0 aliphatic heterocycles. The minimum Gasteiger partial charge on any atom is -0.453 e. The van der Waals surface area contributed by atoms with E-state index in [9.17, 15) is 29.9 Å². The lowest BCUT2D eigenvalue weighted by molar-refractivity contribution is -0.142. The van der Waals surface area contributed by atoms with Gasteiger partial charge in [0.1, 0.15) is 11.6 Å². The van der Waals surface area contributed by atoms with E-state index in [1.165, 1.54) is 7.11 Å². The molecule has 3 amide bonds. The lowest BCUT2D eigenvalue weighted by Gasteiger charge is -2.33. The third-order valence-electron chi connectivity index (χ3n) is 8.57. The fourth-order valence-electron chi connectivity index (χ4n) is 5.95. The van der Waals surface area contributed by atoms with Gasteiger partial charge in [0, 0.05) is 25.9 Å². The summed E-state index contributed by atoms with van der Waals surface area (Å²) < 4.78 is 4.74.